The van der Waals surface area contributed by atoms with Gasteiger partial charge in [0.05, 0.1) is 0 Å². The smallest absolute Gasteiger partial charge is 0.125 e. The van der Waals surface area contributed by atoms with E-state index in [2.05, 4.69) is 110 Å². The molecule has 0 aliphatic carbocycles. The Balaban J connectivity index is 2.35. The van der Waals surface area contributed by atoms with Gasteiger partial charge in [-0.1, -0.05) is 94.9 Å². The van der Waals surface area contributed by atoms with Crippen molar-refractivity contribution in [1.82, 2.24) is 0 Å². The molecular formula is C20H27BrSi. The molecule has 0 N–H and O–H groups in total. The van der Waals surface area contributed by atoms with Crippen LogP contribution < -0.4 is 0 Å². The average molecular weight is 375 g/mol. The Morgan fingerprint density at radius 3 is 1.77 bits per heavy atom. The topological polar surface area (TPSA) is 0 Å². The molecular weight excluding hydrogens is 348 g/mol. The van der Waals surface area contributed by atoms with Crippen molar-refractivity contribution in [3.8, 4) is 0 Å². The zero-order chi connectivity index (χ0) is 16.4. The highest BCUT2D eigenvalue weighted by atomic mass is 79.9. The van der Waals surface area contributed by atoms with Crippen molar-refractivity contribution < 1.29 is 0 Å². The van der Waals surface area contributed by atoms with Crippen LogP contribution >= 0.6 is 15.3 Å². The van der Waals surface area contributed by atoms with Crippen LogP contribution in [0.3, 0.4) is 0 Å². The monoisotopic (exact) mass is 374 g/mol. The van der Waals surface area contributed by atoms with Gasteiger partial charge in [-0.3, -0.25) is 0 Å². The second-order valence-corrected chi connectivity index (χ2v) is 16.9. The van der Waals surface area contributed by atoms with E-state index in [1.807, 2.05) is 0 Å². The molecule has 2 heteroatoms. The van der Waals surface area contributed by atoms with Crippen molar-refractivity contribution in [1.29, 1.82) is 0 Å². The molecule has 0 nitrogen and oxygen atoms in total. The molecule has 0 saturated heterocycles. The summed E-state index contributed by atoms with van der Waals surface area (Å²) in [4.78, 5) is 0. The Bertz CT molecular complexity index is 600. The van der Waals surface area contributed by atoms with E-state index in [0.29, 0.717) is 0 Å². The van der Waals surface area contributed by atoms with Crippen LogP contribution in [-0.2, 0) is 11.5 Å². The first-order valence-electron chi connectivity index (χ1n) is 7.97. The van der Waals surface area contributed by atoms with Crippen molar-refractivity contribution in [3.05, 3.63) is 71.8 Å². The average Bonchev–Trinajstić information content (AvgIpc) is 2.48. The normalized spacial score (nSPS) is 15.4. The predicted molar refractivity (Wildman–Crippen MR) is 104 cm³/mol. The van der Waals surface area contributed by atoms with Gasteiger partial charge < -0.3 is 0 Å². The maximum absolute atomic E-state index is 4.26. The number of halogens is 1. The molecule has 0 saturated carbocycles. The Kier molecular flexibility index (Phi) is 5.03. The Morgan fingerprint density at radius 2 is 1.27 bits per heavy atom. The summed E-state index contributed by atoms with van der Waals surface area (Å²) < 4.78 is 0. The highest BCUT2D eigenvalue weighted by Gasteiger charge is 2.52. The molecule has 2 rings (SSSR count). The van der Waals surface area contributed by atoms with Crippen molar-refractivity contribution in [3.63, 3.8) is 0 Å². The first-order chi connectivity index (χ1) is 10.2. The summed E-state index contributed by atoms with van der Waals surface area (Å²) in [5, 5.41) is 0.403. The SMILES string of the molecule is CC(C)(Cc1ccccc1)[Si](C)(Br)C(C)(C)c1ccccc1. The highest BCUT2D eigenvalue weighted by molar-refractivity contribution is 9.26. The molecule has 22 heavy (non-hydrogen) atoms. The lowest BCUT2D eigenvalue weighted by atomic mass is 10.0. The molecule has 0 amide bonds. The molecule has 1 unspecified atom stereocenters. The van der Waals surface area contributed by atoms with Crippen molar-refractivity contribution in [2.75, 3.05) is 0 Å². The van der Waals surface area contributed by atoms with Crippen molar-refractivity contribution >= 4 is 22.0 Å². The molecule has 0 radical (unpaired) electrons. The first kappa shape index (κ1) is 17.5. The fraction of sp³-hybridized carbons (Fsp3) is 0.400. The Hall–Kier alpha value is -0.863. The minimum atomic E-state index is -1.77. The third-order valence-electron chi connectivity index (χ3n) is 5.43. The summed E-state index contributed by atoms with van der Waals surface area (Å²) in [6.07, 6.45) is 1.11. The summed E-state index contributed by atoms with van der Waals surface area (Å²) >= 11 is 4.26. The predicted octanol–water partition coefficient (Wildman–Crippen LogP) is 6.50. The maximum atomic E-state index is 4.26. The molecule has 0 fully saturated rings. The van der Waals surface area contributed by atoms with Gasteiger partial charge in [0.2, 0.25) is 0 Å². The fourth-order valence-corrected chi connectivity index (χ4v) is 7.29. The molecule has 1 atom stereocenters. The van der Waals surface area contributed by atoms with E-state index in [9.17, 15) is 0 Å². The third-order valence-corrected chi connectivity index (χ3v) is 17.0. The minimum Gasteiger partial charge on any atom is -0.125 e. The molecule has 0 aromatic heterocycles. The van der Waals surface area contributed by atoms with E-state index in [0.717, 1.165) is 6.42 Å². The zero-order valence-corrected chi connectivity index (χ0v) is 16.9. The van der Waals surface area contributed by atoms with Gasteiger partial charge in [0.25, 0.3) is 0 Å². The fourth-order valence-electron chi connectivity index (χ4n) is 3.24. The third kappa shape index (κ3) is 3.23. The van der Waals surface area contributed by atoms with E-state index in [4.69, 9.17) is 0 Å². The van der Waals surface area contributed by atoms with E-state index in [1.54, 1.807) is 0 Å². The molecule has 2 aromatic carbocycles. The molecule has 0 aliphatic rings. The van der Waals surface area contributed by atoms with Crippen LogP contribution in [0.5, 0.6) is 0 Å². The van der Waals surface area contributed by atoms with Gasteiger partial charge in [0, 0.05) is 0 Å². The van der Waals surface area contributed by atoms with Crippen LogP contribution in [0.15, 0.2) is 60.7 Å². The van der Waals surface area contributed by atoms with E-state index in [-0.39, 0.29) is 10.1 Å². The van der Waals surface area contributed by atoms with Crippen LogP contribution in [0.4, 0.5) is 0 Å². The molecule has 0 heterocycles. The van der Waals surface area contributed by atoms with E-state index >= 15 is 0 Å². The van der Waals surface area contributed by atoms with Crippen molar-refractivity contribution in [2.24, 2.45) is 0 Å². The minimum absolute atomic E-state index is 0.159. The van der Waals surface area contributed by atoms with E-state index in [1.165, 1.54) is 11.1 Å². The zero-order valence-electron chi connectivity index (χ0n) is 14.4. The van der Waals surface area contributed by atoms with Crippen LogP contribution in [0.1, 0.15) is 38.8 Å². The van der Waals surface area contributed by atoms with Gasteiger partial charge in [-0.2, -0.15) is 0 Å². The first-order valence-corrected chi connectivity index (χ1v) is 12.7. The van der Waals surface area contributed by atoms with Gasteiger partial charge in [-0.05, 0) is 27.6 Å². The maximum Gasteiger partial charge on any atom is 0.143 e. The molecule has 0 aliphatic heterocycles. The van der Waals surface area contributed by atoms with Crippen LogP contribution in [0, 0.1) is 0 Å². The summed E-state index contributed by atoms with van der Waals surface area (Å²) in [6.45, 7) is 10.3. The molecule has 0 bridgehead atoms. The van der Waals surface area contributed by atoms with Crippen LogP contribution in [0.2, 0.25) is 11.6 Å². The number of hydrogen-bond donors (Lipinski definition) is 0. The second kappa shape index (κ2) is 6.33. The summed E-state index contributed by atoms with van der Waals surface area (Å²) in [5.74, 6) is 0. The lowest BCUT2D eigenvalue weighted by molar-refractivity contribution is 0.592. The lowest BCUT2D eigenvalue weighted by Gasteiger charge is -2.49. The molecule has 2 aromatic rings. The van der Waals surface area contributed by atoms with Gasteiger partial charge in [-0.15, -0.1) is 15.3 Å². The highest BCUT2D eigenvalue weighted by Crippen LogP contribution is 2.53. The van der Waals surface area contributed by atoms with Gasteiger partial charge in [0.15, 0.2) is 0 Å². The molecule has 118 valence electrons. The summed E-state index contributed by atoms with van der Waals surface area (Å²) in [7, 11) is 0. The van der Waals surface area contributed by atoms with Gasteiger partial charge in [0.1, 0.15) is 6.69 Å². The Morgan fingerprint density at radius 1 is 0.818 bits per heavy atom. The Labute approximate surface area is 144 Å². The molecule has 0 spiro atoms. The summed E-state index contributed by atoms with van der Waals surface area (Å²) in [6, 6.07) is 21.8. The lowest BCUT2D eigenvalue weighted by Crippen LogP contribution is -2.53. The number of hydrogen-bond acceptors (Lipinski definition) is 0. The van der Waals surface area contributed by atoms with Crippen molar-refractivity contribution in [2.45, 2.75) is 50.7 Å². The number of rotatable bonds is 5. The summed E-state index contributed by atoms with van der Waals surface area (Å²) in [5.41, 5.74) is 2.86. The standard InChI is InChI=1S/C20H27BrSi/c1-19(2,16-17-12-8-6-9-13-17)22(5,21)20(3,4)18-14-10-7-11-15-18/h6-15H,16H2,1-5H3. The van der Waals surface area contributed by atoms with E-state index < -0.39 is 6.69 Å². The number of benzene rings is 2. The van der Waals surface area contributed by atoms with Crippen LogP contribution in [0.25, 0.3) is 0 Å². The van der Waals surface area contributed by atoms with Crippen LogP contribution in [-0.4, -0.2) is 6.69 Å². The largest absolute Gasteiger partial charge is 0.143 e. The second-order valence-electron chi connectivity index (χ2n) is 7.54. The quantitative estimate of drug-likeness (QED) is 0.413. The van der Waals surface area contributed by atoms with Gasteiger partial charge in [-0.25, -0.2) is 0 Å². The van der Waals surface area contributed by atoms with Gasteiger partial charge >= 0.3 is 0 Å².